The van der Waals surface area contributed by atoms with Crippen LogP contribution in [0.2, 0.25) is 0 Å². The minimum Gasteiger partial charge on any atom is -0.357 e. The van der Waals surface area contributed by atoms with Crippen molar-refractivity contribution in [3.05, 3.63) is 12.3 Å². The number of nitrogens with zero attached hydrogens (tertiary/aromatic N) is 3. The number of hydrogen-bond acceptors (Lipinski definition) is 4. The van der Waals surface area contributed by atoms with Gasteiger partial charge in [0.15, 0.2) is 0 Å². The molecule has 0 spiro atoms. The molecule has 1 aliphatic heterocycles. The zero-order valence-corrected chi connectivity index (χ0v) is 8.27. The van der Waals surface area contributed by atoms with Crippen molar-refractivity contribution in [2.75, 3.05) is 30.4 Å². The average molecular weight is 190 g/mol. The van der Waals surface area contributed by atoms with Crippen LogP contribution in [0.25, 0.3) is 0 Å². The normalized spacial score (nSPS) is 28.8. The Morgan fingerprint density at radius 2 is 2.21 bits per heavy atom. The maximum atomic E-state index is 4.43. The van der Waals surface area contributed by atoms with Gasteiger partial charge in [-0.1, -0.05) is 0 Å². The largest absolute Gasteiger partial charge is 0.357 e. The molecule has 0 aromatic carbocycles. The number of hydrogen-bond donors (Lipinski definition) is 1. The molecule has 2 unspecified atom stereocenters. The first-order valence-electron chi connectivity index (χ1n) is 5.12. The topological polar surface area (TPSA) is 41.1 Å². The van der Waals surface area contributed by atoms with E-state index in [0.717, 1.165) is 17.7 Å². The van der Waals surface area contributed by atoms with Crippen LogP contribution in [0.4, 0.5) is 11.8 Å². The van der Waals surface area contributed by atoms with E-state index >= 15 is 0 Å². The predicted molar refractivity (Wildman–Crippen MR) is 55.4 cm³/mol. The Morgan fingerprint density at radius 3 is 2.93 bits per heavy atom. The zero-order valence-electron chi connectivity index (χ0n) is 8.27. The quantitative estimate of drug-likeness (QED) is 0.754. The number of anilines is 2. The summed E-state index contributed by atoms with van der Waals surface area (Å²) >= 11 is 0. The molecule has 1 aliphatic carbocycles. The summed E-state index contributed by atoms with van der Waals surface area (Å²) in [6.07, 6.45) is 3.25. The SMILES string of the molecule is CNc1nccc(N2CC3CC3C2)n1. The third kappa shape index (κ3) is 1.22. The molecule has 4 nitrogen and oxygen atoms in total. The van der Waals surface area contributed by atoms with Gasteiger partial charge in [-0.25, -0.2) is 4.98 Å². The summed E-state index contributed by atoms with van der Waals surface area (Å²) in [5.41, 5.74) is 0. The first-order valence-corrected chi connectivity index (χ1v) is 5.12. The van der Waals surface area contributed by atoms with Crippen LogP contribution in [0.3, 0.4) is 0 Å². The second-order valence-corrected chi connectivity index (χ2v) is 4.15. The lowest BCUT2D eigenvalue weighted by Gasteiger charge is -2.18. The number of piperidine rings is 1. The summed E-state index contributed by atoms with van der Waals surface area (Å²) in [5.74, 6) is 3.67. The molecule has 74 valence electrons. The summed E-state index contributed by atoms with van der Waals surface area (Å²) < 4.78 is 0. The maximum Gasteiger partial charge on any atom is 0.224 e. The molecule has 14 heavy (non-hydrogen) atoms. The first-order chi connectivity index (χ1) is 6.86. The van der Waals surface area contributed by atoms with Gasteiger partial charge in [0, 0.05) is 26.3 Å². The number of fused-ring (bicyclic) bond motifs is 1. The van der Waals surface area contributed by atoms with Crippen molar-refractivity contribution in [3.8, 4) is 0 Å². The predicted octanol–water partition coefficient (Wildman–Crippen LogP) is 0.974. The monoisotopic (exact) mass is 190 g/mol. The molecule has 2 atom stereocenters. The Hall–Kier alpha value is -1.32. The fourth-order valence-electron chi connectivity index (χ4n) is 2.23. The van der Waals surface area contributed by atoms with Crippen LogP contribution in [-0.2, 0) is 0 Å². The van der Waals surface area contributed by atoms with Crippen LogP contribution in [-0.4, -0.2) is 30.1 Å². The van der Waals surface area contributed by atoms with E-state index in [0.29, 0.717) is 5.95 Å². The van der Waals surface area contributed by atoms with E-state index in [9.17, 15) is 0 Å². The van der Waals surface area contributed by atoms with Gasteiger partial charge < -0.3 is 10.2 Å². The average Bonchev–Trinajstić information content (AvgIpc) is 2.86. The summed E-state index contributed by atoms with van der Waals surface area (Å²) in [7, 11) is 1.85. The van der Waals surface area contributed by atoms with E-state index in [2.05, 4.69) is 20.2 Å². The van der Waals surface area contributed by atoms with Gasteiger partial charge in [-0.2, -0.15) is 4.98 Å². The van der Waals surface area contributed by atoms with E-state index < -0.39 is 0 Å². The van der Waals surface area contributed by atoms with Crippen molar-refractivity contribution < 1.29 is 0 Å². The van der Waals surface area contributed by atoms with Crippen molar-refractivity contribution in [1.29, 1.82) is 0 Å². The molecule has 2 aliphatic rings. The molecule has 1 N–H and O–H groups in total. The van der Waals surface area contributed by atoms with Crippen molar-refractivity contribution in [2.24, 2.45) is 11.8 Å². The maximum absolute atomic E-state index is 4.43. The third-order valence-corrected chi connectivity index (χ3v) is 3.17. The number of aromatic nitrogens is 2. The van der Waals surface area contributed by atoms with E-state index in [-0.39, 0.29) is 0 Å². The minimum atomic E-state index is 0.711. The molecule has 1 saturated carbocycles. The molecular weight excluding hydrogens is 176 g/mol. The molecule has 2 heterocycles. The highest BCUT2D eigenvalue weighted by Gasteiger charge is 2.45. The van der Waals surface area contributed by atoms with Gasteiger partial charge in [0.25, 0.3) is 0 Å². The van der Waals surface area contributed by atoms with Crippen LogP contribution in [0.5, 0.6) is 0 Å². The van der Waals surface area contributed by atoms with Crippen molar-refractivity contribution in [1.82, 2.24) is 9.97 Å². The fourth-order valence-corrected chi connectivity index (χ4v) is 2.23. The molecule has 1 saturated heterocycles. The smallest absolute Gasteiger partial charge is 0.224 e. The third-order valence-electron chi connectivity index (χ3n) is 3.17. The molecular formula is C10H14N4. The van der Waals surface area contributed by atoms with E-state index in [1.165, 1.54) is 19.5 Å². The van der Waals surface area contributed by atoms with Gasteiger partial charge in [0.2, 0.25) is 5.95 Å². The van der Waals surface area contributed by atoms with E-state index in [1.54, 1.807) is 0 Å². The number of rotatable bonds is 2. The van der Waals surface area contributed by atoms with Gasteiger partial charge in [-0.15, -0.1) is 0 Å². The van der Waals surface area contributed by atoms with Crippen LogP contribution >= 0.6 is 0 Å². The van der Waals surface area contributed by atoms with Crippen molar-refractivity contribution in [3.63, 3.8) is 0 Å². The zero-order chi connectivity index (χ0) is 9.54. The Kier molecular flexibility index (Phi) is 1.63. The van der Waals surface area contributed by atoms with Gasteiger partial charge >= 0.3 is 0 Å². The minimum absolute atomic E-state index is 0.711. The van der Waals surface area contributed by atoms with Gasteiger partial charge in [0.05, 0.1) is 0 Å². The first kappa shape index (κ1) is 8.03. The number of nitrogens with one attached hydrogen (secondary N) is 1. The van der Waals surface area contributed by atoms with Gasteiger partial charge in [0.1, 0.15) is 5.82 Å². The highest BCUT2D eigenvalue weighted by Crippen LogP contribution is 2.45. The van der Waals surface area contributed by atoms with Crippen molar-refractivity contribution >= 4 is 11.8 Å². The Labute approximate surface area is 83.4 Å². The van der Waals surface area contributed by atoms with Crippen molar-refractivity contribution in [2.45, 2.75) is 6.42 Å². The van der Waals surface area contributed by atoms with Gasteiger partial charge in [-0.3, -0.25) is 0 Å². The van der Waals surface area contributed by atoms with E-state index in [4.69, 9.17) is 0 Å². The highest BCUT2D eigenvalue weighted by atomic mass is 15.3. The van der Waals surface area contributed by atoms with Crippen LogP contribution in [0, 0.1) is 11.8 Å². The second-order valence-electron chi connectivity index (χ2n) is 4.15. The summed E-state index contributed by atoms with van der Waals surface area (Å²) in [6.45, 7) is 2.37. The van der Waals surface area contributed by atoms with Crippen LogP contribution in [0.15, 0.2) is 12.3 Å². The fraction of sp³-hybridized carbons (Fsp3) is 0.600. The highest BCUT2D eigenvalue weighted by molar-refractivity contribution is 5.44. The molecule has 0 bridgehead atoms. The molecule has 1 aromatic heterocycles. The lowest BCUT2D eigenvalue weighted by molar-refractivity contribution is 0.803. The molecule has 1 aromatic rings. The Morgan fingerprint density at radius 1 is 1.43 bits per heavy atom. The van der Waals surface area contributed by atoms with Crippen LogP contribution < -0.4 is 10.2 Å². The second kappa shape index (κ2) is 2.83. The van der Waals surface area contributed by atoms with Gasteiger partial charge in [-0.05, 0) is 24.3 Å². The summed E-state index contributed by atoms with van der Waals surface area (Å²) in [5, 5.41) is 2.96. The molecule has 0 radical (unpaired) electrons. The molecule has 4 heteroatoms. The Balaban J connectivity index is 1.81. The molecule has 2 fully saturated rings. The lowest BCUT2D eigenvalue weighted by atomic mass is 10.4. The van der Waals surface area contributed by atoms with Crippen LogP contribution in [0.1, 0.15) is 6.42 Å². The molecule has 3 rings (SSSR count). The Bertz CT molecular complexity index is 342. The summed E-state index contributed by atoms with van der Waals surface area (Å²) in [6, 6.07) is 1.99. The summed E-state index contributed by atoms with van der Waals surface area (Å²) in [4.78, 5) is 10.9. The molecule has 0 amide bonds. The lowest BCUT2D eigenvalue weighted by Crippen LogP contribution is -2.23. The standard InChI is InChI=1S/C10H14N4/c1-11-10-12-3-2-9(13-10)14-5-7-4-8(7)6-14/h2-3,7-8H,4-6H2,1H3,(H,11,12,13). The van der Waals surface area contributed by atoms with E-state index in [1.807, 2.05) is 19.3 Å².